The van der Waals surface area contributed by atoms with Crippen molar-refractivity contribution in [2.75, 3.05) is 13.1 Å². The van der Waals surface area contributed by atoms with Gasteiger partial charge >= 0.3 is 0 Å². The number of aliphatic hydroxyl groups is 1. The molecule has 4 nitrogen and oxygen atoms in total. The van der Waals surface area contributed by atoms with E-state index in [4.69, 9.17) is 11.6 Å². The van der Waals surface area contributed by atoms with Crippen LogP contribution in [-0.2, 0) is 6.54 Å². The molecule has 0 aliphatic carbocycles. The predicted octanol–water partition coefficient (Wildman–Crippen LogP) is 1.09. The summed E-state index contributed by atoms with van der Waals surface area (Å²) < 4.78 is 0. The van der Waals surface area contributed by atoms with Crippen molar-refractivity contribution in [1.29, 1.82) is 0 Å². The zero-order chi connectivity index (χ0) is 10.7. The maximum atomic E-state index is 9.37. The van der Waals surface area contributed by atoms with Gasteiger partial charge in [0.15, 0.2) is 5.15 Å². The summed E-state index contributed by atoms with van der Waals surface area (Å²) in [5.74, 6) is 0. The van der Waals surface area contributed by atoms with Crippen molar-refractivity contribution in [1.82, 2.24) is 14.9 Å². The van der Waals surface area contributed by atoms with Crippen molar-refractivity contribution in [3.05, 3.63) is 23.2 Å². The summed E-state index contributed by atoms with van der Waals surface area (Å²) in [6.45, 7) is 2.52. The Morgan fingerprint density at radius 2 is 2.00 bits per heavy atom. The SMILES string of the molecule is OC1CCN(Cc2nccnc2Cl)CC1. The molecule has 1 aliphatic heterocycles. The van der Waals surface area contributed by atoms with E-state index in [9.17, 15) is 5.11 Å². The van der Waals surface area contributed by atoms with Crippen LogP contribution in [0.5, 0.6) is 0 Å². The van der Waals surface area contributed by atoms with Crippen LogP contribution in [0.2, 0.25) is 5.15 Å². The topological polar surface area (TPSA) is 49.2 Å². The molecule has 0 bridgehead atoms. The largest absolute Gasteiger partial charge is 0.393 e. The van der Waals surface area contributed by atoms with E-state index in [-0.39, 0.29) is 6.10 Å². The molecule has 82 valence electrons. The molecule has 5 heteroatoms. The van der Waals surface area contributed by atoms with Gasteiger partial charge in [-0.05, 0) is 12.8 Å². The number of aliphatic hydroxyl groups excluding tert-OH is 1. The number of piperidine rings is 1. The molecule has 2 heterocycles. The van der Waals surface area contributed by atoms with Crippen LogP contribution >= 0.6 is 11.6 Å². The molecule has 1 fully saturated rings. The molecule has 1 saturated heterocycles. The van der Waals surface area contributed by atoms with Crippen LogP contribution < -0.4 is 0 Å². The second-order valence-corrected chi connectivity index (χ2v) is 4.16. The number of hydrogen-bond donors (Lipinski definition) is 1. The van der Waals surface area contributed by atoms with Gasteiger partial charge in [0.2, 0.25) is 0 Å². The summed E-state index contributed by atoms with van der Waals surface area (Å²) in [4.78, 5) is 10.4. The molecule has 0 amide bonds. The summed E-state index contributed by atoms with van der Waals surface area (Å²) in [5, 5.41) is 9.84. The zero-order valence-corrected chi connectivity index (χ0v) is 9.19. The number of hydrogen-bond acceptors (Lipinski definition) is 4. The standard InChI is InChI=1S/C10H14ClN3O/c11-10-9(12-3-4-13-10)7-14-5-1-8(15)2-6-14/h3-4,8,15H,1-2,5-7H2. The predicted molar refractivity (Wildman–Crippen MR) is 57.6 cm³/mol. The molecular weight excluding hydrogens is 214 g/mol. The molecule has 0 aromatic carbocycles. The average molecular weight is 228 g/mol. The van der Waals surface area contributed by atoms with E-state index in [1.165, 1.54) is 0 Å². The zero-order valence-electron chi connectivity index (χ0n) is 8.43. The van der Waals surface area contributed by atoms with Gasteiger partial charge < -0.3 is 5.11 Å². The van der Waals surface area contributed by atoms with Gasteiger partial charge in [-0.1, -0.05) is 11.6 Å². The Balaban J connectivity index is 1.95. The lowest BCUT2D eigenvalue weighted by Crippen LogP contribution is -2.35. The van der Waals surface area contributed by atoms with Crippen LogP contribution in [0.25, 0.3) is 0 Å². The van der Waals surface area contributed by atoms with Crippen LogP contribution in [0.4, 0.5) is 0 Å². The smallest absolute Gasteiger partial charge is 0.151 e. The van der Waals surface area contributed by atoms with Crippen LogP contribution in [0.15, 0.2) is 12.4 Å². The van der Waals surface area contributed by atoms with E-state index in [2.05, 4.69) is 14.9 Å². The third-order valence-corrected chi connectivity index (χ3v) is 2.97. The molecule has 0 radical (unpaired) electrons. The van der Waals surface area contributed by atoms with Crippen molar-refractivity contribution in [2.24, 2.45) is 0 Å². The van der Waals surface area contributed by atoms with E-state index in [1.54, 1.807) is 12.4 Å². The Labute approximate surface area is 93.9 Å². The summed E-state index contributed by atoms with van der Waals surface area (Å²) >= 11 is 5.92. The molecule has 0 saturated carbocycles. The highest BCUT2D eigenvalue weighted by Crippen LogP contribution is 2.15. The normalized spacial score (nSPS) is 19.3. The minimum atomic E-state index is -0.140. The van der Waals surface area contributed by atoms with Gasteiger partial charge in [0.05, 0.1) is 11.8 Å². The molecule has 0 unspecified atom stereocenters. The van der Waals surface area contributed by atoms with E-state index >= 15 is 0 Å². The Morgan fingerprint density at radius 3 is 2.67 bits per heavy atom. The van der Waals surface area contributed by atoms with Crippen molar-refractivity contribution in [2.45, 2.75) is 25.5 Å². The van der Waals surface area contributed by atoms with Crippen molar-refractivity contribution < 1.29 is 5.11 Å². The molecule has 1 aromatic heterocycles. The molecular formula is C10H14ClN3O. The first-order valence-corrected chi connectivity index (χ1v) is 5.49. The van der Waals surface area contributed by atoms with Gasteiger partial charge in [-0.15, -0.1) is 0 Å². The lowest BCUT2D eigenvalue weighted by molar-refractivity contribution is 0.0786. The number of aromatic nitrogens is 2. The maximum Gasteiger partial charge on any atom is 0.151 e. The monoisotopic (exact) mass is 227 g/mol. The molecule has 1 aromatic rings. The molecule has 1 aliphatic rings. The van der Waals surface area contributed by atoms with E-state index in [0.29, 0.717) is 5.15 Å². The van der Waals surface area contributed by atoms with Crippen molar-refractivity contribution in [3.8, 4) is 0 Å². The number of halogens is 1. The van der Waals surface area contributed by atoms with Crippen molar-refractivity contribution >= 4 is 11.6 Å². The summed E-state index contributed by atoms with van der Waals surface area (Å²) in [5.41, 5.74) is 0.815. The summed E-state index contributed by atoms with van der Waals surface area (Å²) in [7, 11) is 0. The Morgan fingerprint density at radius 1 is 1.33 bits per heavy atom. The molecule has 0 spiro atoms. The third-order valence-electron chi connectivity index (χ3n) is 2.65. The van der Waals surface area contributed by atoms with Gasteiger partial charge in [0, 0.05) is 32.0 Å². The second-order valence-electron chi connectivity index (χ2n) is 3.80. The number of likely N-dealkylation sites (tertiary alicyclic amines) is 1. The van der Waals surface area contributed by atoms with Crippen LogP contribution in [0.3, 0.4) is 0 Å². The fourth-order valence-electron chi connectivity index (χ4n) is 1.75. The number of rotatable bonds is 2. The lowest BCUT2D eigenvalue weighted by Gasteiger charge is -2.29. The van der Waals surface area contributed by atoms with Crippen molar-refractivity contribution in [3.63, 3.8) is 0 Å². The molecule has 1 N–H and O–H groups in total. The van der Waals surface area contributed by atoms with Crippen LogP contribution in [-0.4, -0.2) is 39.2 Å². The fourth-order valence-corrected chi connectivity index (χ4v) is 1.91. The van der Waals surface area contributed by atoms with Gasteiger partial charge in [-0.3, -0.25) is 9.88 Å². The second kappa shape index (κ2) is 4.88. The molecule has 0 atom stereocenters. The van der Waals surface area contributed by atoms with Gasteiger partial charge in [0.25, 0.3) is 0 Å². The number of nitrogens with zero attached hydrogens (tertiary/aromatic N) is 3. The van der Waals surface area contributed by atoms with Gasteiger partial charge in [-0.25, -0.2) is 4.98 Å². The first-order valence-electron chi connectivity index (χ1n) is 5.11. The summed E-state index contributed by atoms with van der Waals surface area (Å²) in [6, 6.07) is 0. The van der Waals surface area contributed by atoms with E-state index < -0.39 is 0 Å². The Bertz CT molecular complexity index is 326. The van der Waals surface area contributed by atoms with Gasteiger partial charge in [-0.2, -0.15) is 0 Å². The van der Waals surface area contributed by atoms with Crippen LogP contribution in [0.1, 0.15) is 18.5 Å². The first kappa shape index (κ1) is 10.8. The average Bonchev–Trinajstić information content (AvgIpc) is 2.25. The minimum absolute atomic E-state index is 0.140. The minimum Gasteiger partial charge on any atom is -0.393 e. The highest BCUT2D eigenvalue weighted by atomic mass is 35.5. The maximum absolute atomic E-state index is 9.37. The third kappa shape index (κ3) is 2.87. The van der Waals surface area contributed by atoms with E-state index in [1.807, 2.05) is 0 Å². The van der Waals surface area contributed by atoms with Crippen LogP contribution in [0, 0.1) is 0 Å². The highest BCUT2D eigenvalue weighted by molar-refractivity contribution is 6.29. The van der Waals surface area contributed by atoms with E-state index in [0.717, 1.165) is 38.2 Å². The molecule has 15 heavy (non-hydrogen) atoms. The fraction of sp³-hybridized carbons (Fsp3) is 0.600. The summed E-state index contributed by atoms with van der Waals surface area (Å²) in [6.07, 6.45) is 4.76. The quantitative estimate of drug-likeness (QED) is 0.822. The molecule has 2 rings (SSSR count). The highest BCUT2D eigenvalue weighted by Gasteiger charge is 2.18. The Kier molecular flexibility index (Phi) is 3.51. The first-order chi connectivity index (χ1) is 7.25. The lowest BCUT2D eigenvalue weighted by atomic mass is 10.1. The Hall–Kier alpha value is -0.710. The van der Waals surface area contributed by atoms with Gasteiger partial charge in [0.1, 0.15) is 0 Å².